The Morgan fingerprint density at radius 2 is 0.710 bits per heavy atom. The van der Waals surface area contributed by atoms with Crippen molar-refractivity contribution in [2.75, 3.05) is 0 Å². The molecule has 12 aliphatic rings. The summed E-state index contributed by atoms with van der Waals surface area (Å²) < 4.78 is 0. The zero-order chi connectivity index (χ0) is 20.2. The first-order chi connectivity index (χ1) is 15.0. The fourth-order valence-electron chi connectivity index (χ4n) is 15.1. The molecule has 12 saturated carbocycles. The standard InChI is InChI=1S/C30H44O/c31-30(29-16-24-7-25(17-29)9-26(29)8-24,27-10-18-1-19(11-27)3-20(2-18)12-27)28-13-21-4-22(14-28)6-23(5-21)15-28/h18-26,31H,1-17H2/t18?,19?,20?,21?,22?,23?,24-,25+,26?,27?,28?,29?,30?. The van der Waals surface area contributed by atoms with Crippen LogP contribution in [-0.2, 0) is 0 Å². The summed E-state index contributed by atoms with van der Waals surface area (Å²) in [5, 5.41) is 14.0. The molecule has 12 aliphatic carbocycles. The minimum absolute atomic E-state index is 0.312. The molecule has 0 aromatic rings. The van der Waals surface area contributed by atoms with Crippen LogP contribution in [0, 0.1) is 69.5 Å². The lowest BCUT2D eigenvalue weighted by atomic mass is 9.32. The first-order valence-corrected chi connectivity index (χ1v) is 14.7. The molecule has 0 spiro atoms. The van der Waals surface area contributed by atoms with Crippen LogP contribution in [0.4, 0.5) is 0 Å². The van der Waals surface area contributed by atoms with Gasteiger partial charge in [0.1, 0.15) is 0 Å². The molecule has 0 aromatic carbocycles. The van der Waals surface area contributed by atoms with Crippen molar-refractivity contribution >= 4 is 0 Å². The molecule has 170 valence electrons. The largest absolute Gasteiger partial charge is 0.388 e. The smallest absolute Gasteiger partial charge is 0.0818 e. The molecular formula is C30H44O. The summed E-state index contributed by atoms with van der Waals surface area (Å²) in [7, 11) is 0. The third-order valence-corrected chi connectivity index (χ3v) is 14.3. The maximum atomic E-state index is 14.0. The third-order valence-electron chi connectivity index (χ3n) is 14.3. The summed E-state index contributed by atoms with van der Waals surface area (Å²) >= 11 is 0. The molecule has 1 N–H and O–H groups in total. The highest BCUT2D eigenvalue weighted by molar-refractivity contribution is 5.29. The minimum Gasteiger partial charge on any atom is -0.388 e. The molecule has 12 bridgehead atoms. The second-order valence-corrected chi connectivity index (χ2v) is 15.8. The van der Waals surface area contributed by atoms with Gasteiger partial charge in [-0.2, -0.15) is 0 Å². The lowest BCUT2D eigenvalue weighted by Gasteiger charge is -2.75. The Labute approximate surface area is 189 Å². The molecule has 1 heteroatoms. The van der Waals surface area contributed by atoms with Crippen LogP contribution in [0.2, 0.25) is 0 Å². The first-order valence-electron chi connectivity index (χ1n) is 14.7. The molecule has 0 heterocycles. The van der Waals surface area contributed by atoms with Gasteiger partial charge in [-0.3, -0.25) is 0 Å². The van der Waals surface area contributed by atoms with Crippen LogP contribution in [0.3, 0.4) is 0 Å². The molecule has 12 fully saturated rings. The molecule has 0 radical (unpaired) electrons. The first kappa shape index (κ1) is 18.3. The van der Waals surface area contributed by atoms with Crippen molar-refractivity contribution < 1.29 is 5.11 Å². The van der Waals surface area contributed by atoms with Crippen LogP contribution in [0.25, 0.3) is 0 Å². The predicted octanol–water partition coefficient (Wildman–Crippen LogP) is 6.98. The van der Waals surface area contributed by atoms with Crippen LogP contribution in [0.5, 0.6) is 0 Å². The van der Waals surface area contributed by atoms with Crippen LogP contribution in [-0.4, -0.2) is 10.7 Å². The summed E-state index contributed by atoms with van der Waals surface area (Å²) in [5.41, 5.74) is 0.644. The molecule has 2 unspecified atom stereocenters. The van der Waals surface area contributed by atoms with Crippen molar-refractivity contribution in [3.8, 4) is 0 Å². The Balaban J connectivity index is 1.27. The number of rotatable bonds is 3. The number of hydrogen-bond donors (Lipinski definition) is 1. The quantitative estimate of drug-likeness (QED) is 0.522. The molecule has 0 aromatic heterocycles. The van der Waals surface area contributed by atoms with Gasteiger partial charge in [-0.05, 0) is 162 Å². The van der Waals surface area contributed by atoms with E-state index in [-0.39, 0.29) is 5.60 Å². The zero-order valence-electron chi connectivity index (χ0n) is 19.7. The Bertz CT molecular complexity index is 694. The summed E-state index contributed by atoms with van der Waals surface area (Å²) in [6.07, 6.45) is 25.1. The highest BCUT2D eigenvalue weighted by Gasteiger charge is 2.79. The summed E-state index contributed by atoms with van der Waals surface area (Å²) in [5.74, 6) is 8.68. The highest BCUT2D eigenvalue weighted by Crippen LogP contribution is 2.82. The lowest BCUT2D eigenvalue weighted by Crippen LogP contribution is -2.74. The third kappa shape index (κ3) is 1.97. The van der Waals surface area contributed by atoms with E-state index in [1.807, 2.05) is 0 Å². The molecule has 0 aliphatic heterocycles. The van der Waals surface area contributed by atoms with E-state index < -0.39 is 0 Å². The minimum atomic E-state index is -0.312. The van der Waals surface area contributed by atoms with Gasteiger partial charge in [0.2, 0.25) is 0 Å². The second kappa shape index (κ2) is 5.44. The maximum absolute atomic E-state index is 14.0. The molecule has 0 saturated heterocycles. The van der Waals surface area contributed by atoms with Crippen molar-refractivity contribution in [3.63, 3.8) is 0 Å². The van der Waals surface area contributed by atoms with Gasteiger partial charge < -0.3 is 5.11 Å². The van der Waals surface area contributed by atoms with E-state index in [0.717, 1.165) is 53.3 Å². The van der Waals surface area contributed by atoms with Gasteiger partial charge in [-0.25, -0.2) is 0 Å². The molecule has 0 amide bonds. The van der Waals surface area contributed by atoms with E-state index in [1.54, 1.807) is 0 Å². The maximum Gasteiger partial charge on any atom is 0.0818 e. The van der Waals surface area contributed by atoms with Gasteiger partial charge >= 0.3 is 0 Å². The van der Waals surface area contributed by atoms with E-state index >= 15 is 0 Å². The van der Waals surface area contributed by atoms with Gasteiger partial charge in [0, 0.05) is 16.2 Å². The van der Waals surface area contributed by atoms with Crippen molar-refractivity contribution in [1.29, 1.82) is 0 Å². The Morgan fingerprint density at radius 1 is 0.419 bits per heavy atom. The normalized spacial score (nSPS) is 66.3. The predicted molar refractivity (Wildman–Crippen MR) is 122 cm³/mol. The van der Waals surface area contributed by atoms with Crippen LogP contribution < -0.4 is 0 Å². The molecule has 1 nitrogen and oxygen atoms in total. The molecular weight excluding hydrogens is 376 g/mol. The second-order valence-electron chi connectivity index (χ2n) is 15.8. The Kier molecular flexibility index (Phi) is 3.21. The SMILES string of the molecule is OC(C12CC3CC(CC(C3)C1)C2)(C12CC3CC(CC(C3)C1)C2)C12C[C@@H]3CC1C[C@@H](C3)C2. The highest BCUT2D eigenvalue weighted by atomic mass is 16.3. The average Bonchev–Trinajstić information content (AvgIpc) is 3.10. The van der Waals surface area contributed by atoms with Crippen LogP contribution in [0.15, 0.2) is 0 Å². The fourth-order valence-corrected chi connectivity index (χ4v) is 15.1. The van der Waals surface area contributed by atoms with Crippen molar-refractivity contribution in [2.45, 2.75) is 115 Å². The molecule has 12 rings (SSSR count). The number of hydrogen-bond acceptors (Lipinski definition) is 1. The van der Waals surface area contributed by atoms with Gasteiger partial charge in [0.05, 0.1) is 5.60 Å². The summed E-state index contributed by atoms with van der Waals surface area (Å²) in [4.78, 5) is 0. The van der Waals surface area contributed by atoms with E-state index in [0.29, 0.717) is 16.2 Å². The van der Waals surface area contributed by atoms with Gasteiger partial charge in [0.25, 0.3) is 0 Å². The molecule has 4 atom stereocenters. The van der Waals surface area contributed by atoms with Crippen LogP contribution in [0.1, 0.15) is 109 Å². The average molecular weight is 421 g/mol. The van der Waals surface area contributed by atoms with Gasteiger partial charge in [-0.15, -0.1) is 0 Å². The van der Waals surface area contributed by atoms with Crippen molar-refractivity contribution in [2.24, 2.45) is 69.5 Å². The summed E-state index contributed by atoms with van der Waals surface area (Å²) in [6.45, 7) is 0. The van der Waals surface area contributed by atoms with E-state index in [9.17, 15) is 5.11 Å². The zero-order valence-corrected chi connectivity index (χ0v) is 19.7. The van der Waals surface area contributed by atoms with E-state index in [4.69, 9.17) is 0 Å². The lowest BCUT2D eigenvalue weighted by molar-refractivity contribution is -0.322. The number of aliphatic hydroxyl groups is 1. The van der Waals surface area contributed by atoms with E-state index in [1.165, 1.54) is 109 Å². The monoisotopic (exact) mass is 420 g/mol. The van der Waals surface area contributed by atoms with Crippen molar-refractivity contribution in [1.82, 2.24) is 0 Å². The fraction of sp³-hybridized carbons (Fsp3) is 1.00. The van der Waals surface area contributed by atoms with Crippen LogP contribution >= 0.6 is 0 Å². The summed E-state index contributed by atoms with van der Waals surface area (Å²) in [6, 6.07) is 0. The van der Waals surface area contributed by atoms with E-state index in [2.05, 4.69) is 0 Å². The topological polar surface area (TPSA) is 20.2 Å². The molecule has 31 heavy (non-hydrogen) atoms. The van der Waals surface area contributed by atoms with Crippen molar-refractivity contribution in [3.05, 3.63) is 0 Å². The Morgan fingerprint density at radius 3 is 1.03 bits per heavy atom. The Hall–Kier alpha value is -0.0400. The van der Waals surface area contributed by atoms with Gasteiger partial charge in [-0.1, -0.05) is 0 Å². The van der Waals surface area contributed by atoms with Gasteiger partial charge in [0.15, 0.2) is 0 Å².